The summed E-state index contributed by atoms with van der Waals surface area (Å²) in [5.74, 6) is -1.97. The number of likely N-dealkylation sites (tertiary alicyclic amines) is 1. The van der Waals surface area contributed by atoms with Crippen molar-refractivity contribution in [2.75, 3.05) is 34.4 Å². The molecule has 0 unspecified atom stereocenters. The maximum atomic E-state index is 14.3. The van der Waals surface area contributed by atoms with E-state index in [9.17, 15) is 14.4 Å². The minimum Gasteiger partial charge on any atom is -0.468 e. The van der Waals surface area contributed by atoms with Crippen LogP contribution in [0.1, 0.15) is 23.3 Å². The molecule has 0 amide bonds. The van der Waals surface area contributed by atoms with Gasteiger partial charge in [0.15, 0.2) is 16.6 Å². The maximum absolute atomic E-state index is 14.3. The third-order valence-corrected chi connectivity index (χ3v) is 6.32. The van der Waals surface area contributed by atoms with Crippen LogP contribution < -0.4 is 0 Å². The first kappa shape index (κ1) is 21.2. The molecule has 2 heterocycles. The van der Waals surface area contributed by atoms with Crippen molar-refractivity contribution in [1.82, 2.24) is 4.90 Å². The van der Waals surface area contributed by atoms with E-state index in [4.69, 9.17) is 14.2 Å². The lowest BCUT2D eigenvalue weighted by Crippen LogP contribution is -2.71. The van der Waals surface area contributed by atoms with E-state index in [2.05, 4.69) is 0 Å². The summed E-state index contributed by atoms with van der Waals surface area (Å²) in [6, 6.07) is 18.2. The maximum Gasteiger partial charge on any atom is 0.323 e. The number of methoxy groups -OCH3 is 2. The van der Waals surface area contributed by atoms with Crippen molar-refractivity contribution >= 4 is 17.7 Å². The van der Waals surface area contributed by atoms with Crippen molar-refractivity contribution in [2.24, 2.45) is 10.8 Å². The van der Waals surface area contributed by atoms with Crippen LogP contribution in [0, 0.1) is 10.8 Å². The Hall–Kier alpha value is -3.03. The molecule has 0 aliphatic carbocycles. The zero-order chi connectivity index (χ0) is 22.2. The number of Topliss-reactive ketones (excluding diaryl/α,β-unsaturated/α-hetero) is 1. The van der Waals surface area contributed by atoms with E-state index in [1.165, 1.54) is 14.2 Å². The van der Waals surface area contributed by atoms with Gasteiger partial charge in [-0.3, -0.25) is 14.4 Å². The fraction of sp³-hybridized carbons (Fsp3) is 0.375. The van der Waals surface area contributed by atoms with Gasteiger partial charge in [0.05, 0.1) is 14.2 Å². The number of carbonyl (C=O) groups is 3. The SMILES string of the molecule is COC(=O)[C@]12CN(C)C[C@@](C(=O)OC)(C1=O)[C@H](c1ccccc1)O[C@@H]2c1ccccc1. The lowest BCUT2D eigenvalue weighted by Gasteiger charge is -2.56. The summed E-state index contributed by atoms with van der Waals surface area (Å²) < 4.78 is 16.8. The molecule has 162 valence electrons. The summed E-state index contributed by atoms with van der Waals surface area (Å²) in [5.41, 5.74) is -2.09. The molecule has 0 N–H and O–H groups in total. The van der Waals surface area contributed by atoms with E-state index in [-0.39, 0.29) is 13.1 Å². The van der Waals surface area contributed by atoms with E-state index in [0.29, 0.717) is 11.1 Å². The van der Waals surface area contributed by atoms with E-state index < -0.39 is 40.8 Å². The van der Waals surface area contributed by atoms with Gasteiger partial charge in [0, 0.05) is 13.1 Å². The van der Waals surface area contributed by atoms with E-state index in [1.54, 1.807) is 7.05 Å². The Kier molecular flexibility index (Phi) is 5.41. The number of nitrogens with zero attached hydrogens (tertiary/aromatic N) is 1. The van der Waals surface area contributed by atoms with Gasteiger partial charge < -0.3 is 19.1 Å². The Morgan fingerprint density at radius 2 is 1.23 bits per heavy atom. The molecule has 7 heteroatoms. The molecule has 31 heavy (non-hydrogen) atoms. The van der Waals surface area contributed by atoms with Crippen LogP contribution in [-0.4, -0.2) is 57.0 Å². The van der Waals surface area contributed by atoms with Crippen LogP contribution in [0.4, 0.5) is 0 Å². The van der Waals surface area contributed by atoms with E-state index in [1.807, 2.05) is 65.6 Å². The van der Waals surface area contributed by atoms with Gasteiger partial charge in [-0.15, -0.1) is 0 Å². The highest BCUT2D eigenvalue weighted by molar-refractivity contribution is 6.17. The molecule has 2 bridgehead atoms. The molecule has 2 aromatic carbocycles. The fourth-order valence-corrected chi connectivity index (χ4v) is 5.10. The van der Waals surface area contributed by atoms with Crippen LogP contribution in [0.5, 0.6) is 0 Å². The Bertz CT molecular complexity index is 916. The minimum atomic E-state index is -1.71. The van der Waals surface area contributed by atoms with Gasteiger partial charge in [-0.2, -0.15) is 0 Å². The summed E-state index contributed by atoms with van der Waals surface area (Å²) in [6.07, 6.45) is -1.86. The van der Waals surface area contributed by atoms with Crippen molar-refractivity contribution in [2.45, 2.75) is 12.2 Å². The second-order valence-corrected chi connectivity index (χ2v) is 8.14. The van der Waals surface area contributed by atoms with Gasteiger partial charge >= 0.3 is 11.9 Å². The highest BCUT2D eigenvalue weighted by Crippen LogP contribution is 2.59. The highest BCUT2D eigenvalue weighted by atomic mass is 16.5. The Morgan fingerprint density at radius 3 is 1.58 bits per heavy atom. The second kappa shape index (κ2) is 7.90. The predicted octanol–water partition coefficient (Wildman–Crippen LogP) is 2.33. The van der Waals surface area contributed by atoms with Crippen LogP contribution in [0.15, 0.2) is 60.7 Å². The first-order chi connectivity index (χ1) is 14.9. The number of hydrogen-bond acceptors (Lipinski definition) is 7. The summed E-state index contributed by atoms with van der Waals surface area (Å²) in [7, 11) is 4.26. The fourth-order valence-electron chi connectivity index (χ4n) is 5.10. The van der Waals surface area contributed by atoms with Gasteiger partial charge in [-0.25, -0.2) is 0 Å². The molecule has 0 radical (unpaired) electrons. The molecule has 2 saturated heterocycles. The third kappa shape index (κ3) is 2.99. The van der Waals surface area contributed by atoms with Crippen LogP contribution in [-0.2, 0) is 28.6 Å². The Morgan fingerprint density at radius 1 is 0.839 bits per heavy atom. The number of ketones is 1. The Balaban J connectivity index is 2.01. The zero-order valence-electron chi connectivity index (χ0n) is 17.7. The molecule has 0 saturated carbocycles. The number of carbonyl (C=O) groups excluding carboxylic acids is 3. The van der Waals surface area contributed by atoms with Crippen LogP contribution in [0.25, 0.3) is 0 Å². The molecule has 4 atom stereocenters. The van der Waals surface area contributed by atoms with Crippen LogP contribution >= 0.6 is 0 Å². The molecular weight excluding hydrogens is 398 g/mol. The third-order valence-electron chi connectivity index (χ3n) is 6.32. The van der Waals surface area contributed by atoms with Gasteiger partial charge in [0.25, 0.3) is 0 Å². The topological polar surface area (TPSA) is 82.1 Å². The normalized spacial score (nSPS) is 30.5. The van der Waals surface area contributed by atoms with Crippen molar-refractivity contribution in [1.29, 1.82) is 0 Å². The van der Waals surface area contributed by atoms with Crippen molar-refractivity contribution < 1.29 is 28.6 Å². The quantitative estimate of drug-likeness (QED) is 0.551. The van der Waals surface area contributed by atoms with Crippen molar-refractivity contribution in [3.05, 3.63) is 71.8 Å². The lowest BCUT2D eigenvalue weighted by molar-refractivity contribution is -0.232. The minimum absolute atomic E-state index is 0.0678. The highest BCUT2D eigenvalue weighted by Gasteiger charge is 2.73. The summed E-state index contributed by atoms with van der Waals surface area (Å²) >= 11 is 0. The van der Waals surface area contributed by atoms with Gasteiger partial charge in [-0.1, -0.05) is 60.7 Å². The van der Waals surface area contributed by atoms with E-state index in [0.717, 1.165) is 0 Å². The predicted molar refractivity (Wildman–Crippen MR) is 111 cm³/mol. The van der Waals surface area contributed by atoms with Gasteiger partial charge in [0.2, 0.25) is 0 Å². The molecule has 2 aliphatic rings. The molecule has 2 aliphatic heterocycles. The Labute approximate surface area is 180 Å². The molecule has 2 fully saturated rings. The van der Waals surface area contributed by atoms with Gasteiger partial charge in [-0.05, 0) is 18.2 Å². The molecule has 0 spiro atoms. The first-order valence-electron chi connectivity index (χ1n) is 10.1. The average molecular weight is 423 g/mol. The smallest absolute Gasteiger partial charge is 0.323 e. The average Bonchev–Trinajstić information content (AvgIpc) is 2.80. The number of ether oxygens (including phenoxy) is 3. The second-order valence-electron chi connectivity index (χ2n) is 8.14. The number of hydrogen-bond donors (Lipinski definition) is 0. The molecule has 4 rings (SSSR count). The summed E-state index contributed by atoms with van der Waals surface area (Å²) in [5, 5.41) is 0. The van der Waals surface area contributed by atoms with E-state index >= 15 is 0 Å². The molecule has 7 nitrogen and oxygen atoms in total. The lowest BCUT2D eigenvalue weighted by atomic mass is 9.57. The number of esters is 2. The zero-order valence-corrected chi connectivity index (χ0v) is 17.7. The number of fused-ring (bicyclic) bond motifs is 2. The monoisotopic (exact) mass is 423 g/mol. The van der Waals surface area contributed by atoms with Crippen LogP contribution in [0.3, 0.4) is 0 Å². The summed E-state index contributed by atoms with van der Waals surface area (Å²) in [6.45, 7) is 0.136. The van der Waals surface area contributed by atoms with Crippen molar-refractivity contribution in [3.8, 4) is 0 Å². The standard InChI is InChI=1S/C24H25NO6/c1-25-14-23(21(27)29-2)18(16-10-6-4-7-11-16)31-19(17-12-8-5-9-13-17)24(15-25,20(23)26)22(28)30-3/h4-13,18-19H,14-15H2,1-3H3/t18-,19+,23-,24-/m0/s1. The largest absolute Gasteiger partial charge is 0.468 e. The van der Waals surface area contributed by atoms with Crippen LogP contribution in [0.2, 0.25) is 0 Å². The first-order valence-corrected chi connectivity index (χ1v) is 10.1. The molecule has 2 aromatic rings. The summed E-state index contributed by atoms with van der Waals surface area (Å²) in [4.78, 5) is 42.5. The van der Waals surface area contributed by atoms with Gasteiger partial charge in [0.1, 0.15) is 12.2 Å². The molecule has 0 aromatic heterocycles. The molecular formula is C24H25NO6. The van der Waals surface area contributed by atoms with Crippen molar-refractivity contribution in [3.63, 3.8) is 0 Å². The number of rotatable bonds is 4. The number of benzene rings is 2. The number of piperidine rings is 1.